The summed E-state index contributed by atoms with van der Waals surface area (Å²) in [5.41, 5.74) is 2.91. The van der Waals surface area contributed by atoms with Gasteiger partial charge in [-0.1, -0.05) is 13.0 Å². The van der Waals surface area contributed by atoms with Crippen LogP contribution >= 0.6 is 0 Å². The van der Waals surface area contributed by atoms with E-state index in [4.69, 9.17) is 4.98 Å². The van der Waals surface area contributed by atoms with E-state index in [0.29, 0.717) is 42.5 Å². The summed E-state index contributed by atoms with van der Waals surface area (Å²) < 4.78 is 1.83. The Hall–Kier alpha value is -3.27. The van der Waals surface area contributed by atoms with Gasteiger partial charge in [-0.3, -0.25) is 14.4 Å². The van der Waals surface area contributed by atoms with E-state index in [1.807, 2.05) is 50.5 Å². The summed E-state index contributed by atoms with van der Waals surface area (Å²) in [6.07, 6.45) is 6.69. The van der Waals surface area contributed by atoms with Gasteiger partial charge in [0.1, 0.15) is 0 Å². The summed E-state index contributed by atoms with van der Waals surface area (Å²) in [4.78, 5) is 47.6. The standard InChI is InChI=1S/C29H43N7O3/c1-18(2)36-27-24(17-31-36)22(28(38)30-16-23-19(3)14-20(4)32-29(23)39)15-25(33-27)21-9-12-35(13-10-21)26(37)8-7-11-34(5)6/h9,15,17-20,23H,7-8,10-14,16H2,1-6H3,(H,30,38)(H,32,39). The van der Waals surface area contributed by atoms with Crippen molar-refractivity contribution in [3.63, 3.8) is 0 Å². The molecule has 2 aliphatic heterocycles. The van der Waals surface area contributed by atoms with Gasteiger partial charge in [-0.05, 0) is 78.2 Å². The molecule has 2 N–H and O–H groups in total. The van der Waals surface area contributed by atoms with Crippen LogP contribution in [-0.4, -0.2) is 88.6 Å². The number of rotatable bonds is 9. The van der Waals surface area contributed by atoms with E-state index in [1.165, 1.54) is 0 Å². The Kier molecular flexibility index (Phi) is 9.04. The number of fused-ring (bicyclic) bond motifs is 1. The van der Waals surface area contributed by atoms with Crippen LogP contribution in [0.3, 0.4) is 0 Å². The minimum Gasteiger partial charge on any atom is -0.353 e. The zero-order chi connectivity index (χ0) is 28.3. The average molecular weight is 538 g/mol. The van der Waals surface area contributed by atoms with Crippen LogP contribution in [0.5, 0.6) is 0 Å². The van der Waals surface area contributed by atoms with Gasteiger partial charge in [0.15, 0.2) is 5.65 Å². The maximum absolute atomic E-state index is 13.5. The van der Waals surface area contributed by atoms with Crippen LogP contribution in [0.25, 0.3) is 16.6 Å². The van der Waals surface area contributed by atoms with E-state index in [-0.39, 0.29) is 48.2 Å². The van der Waals surface area contributed by atoms with E-state index in [2.05, 4.69) is 33.6 Å². The van der Waals surface area contributed by atoms with Gasteiger partial charge in [0.25, 0.3) is 5.91 Å². The molecule has 4 rings (SSSR count). The maximum Gasteiger partial charge on any atom is 0.252 e. The number of carbonyl (C=O) groups is 3. The van der Waals surface area contributed by atoms with Gasteiger partial charge < -0.3 is 20.4 Å². The number of aromatic nitrogens is 3. The number of piperidine rings is 1. The fraction of sp³-hybridized carbons (Fsp3) is 0.621. The highest BCUT2D eigenvalue weighted by molar-refractivity contribution is 6.06. The molecular weight excluding hydrogens is 494 g/mol. The van der Waals surface area contributed by atoms with Crippen LogP contribution in [0.2, 0.25) is 0 Å². The molecule has 1 fully saturated rings. The summed E-state index contributed by atoms with van der Waals surface area (Å²) in [6.45, 7) is 10.5. The molecule has 3 unspecified atom stereocenters. The highest BCUT2D eigenvalue weighted by atomic mass is 16.2. The fourth-order valence-corrected chi connectivity index (χ4v) is 5.56. The molecule has 0 aromatic carbocycles. The lowest BCUT2D eigenvalue weighted by atomic mass is 9.84. The molecule has 0 aliphatic carbocycles. The van der Waals surface area contributed by atoms with Crippen molar-refractivity contribution in [2.24, 2.45) is 11.8 Å². The Morgan fingerprint density at radius 1 is 1.26 bits per heavy atom. The van der Waals surface area contributed by atoms with Crippen molar-refractivity contribution in [3.05, 3.63) is 29.6 Å². The first kappa shape index (κ1) is 28.7. The van der Waals surface area contributed by atoms with Gasteiger partial charge in [-0.2, -0.15) is 5.10 Å². The molecular formula is C29H43N7O3. The Morgan fingerprint density at radius 2 is 2.03 bits per heavy atom. The molecule has 2 aromatic heterocycles. The second-order valence-electron chi connectivity index (χ2n) is 11.6. The summed E-state index contributed by atoms with van der Waals surface area (Å²) in [6, 6.07) is 2.05. The number of carbonyl (C=O) groups excluding carboxylic acids is 3. The first-order chi connectivity index (χ1) is 18.5. The molecule has 3 amide bonds. The van der Waals surface area contributed by atoms with Gasteiger partial charge >= 0.3 is 0 Å². The normalized spacial score (nSPS) is 21.8. The van der Waals surface area contributed by atoms with E-state index in [0.717, 1.165) is 30.7 Å². The molecule has 2 aromatic rings. The van der Waals surface area contributed by atoms with Crippen molar-refractivity contribution in [3.8, 4) is 0 Å². The lowest BCUT2D eigenvalue weighted by Gasteiger charge is -2.32. The highest BCUT2D eigenvalue weighted by Gasteiger charge is 2.32. The second kappa shape index (κ2) is 12.3. The van der Waals surface area contributed by atoms with Crippen molar-refractivity contribution in [2.75, 3.05) is 40.3 Å². The molecule has 2 aliphatic rings. The first-order valence-corrected chi connectivity index (χ1v) is 14.1. The minimum absolute atomic E-state index is 0.0112. The topological polar surface area (TPSA) is 112 Å². The number of nitrogens with one attached hydrogen (secondary N) is 2. The zero-order valence-electron chi connectivity index (χ0n) is 24.2. The molecule has 0 spiro atoms. The van der Waals surface area contributed by atoms with Crippen LogP contribution in [0.15, 0.2) is 18.3 Å². The zero-order valence-corrected chi connectivity index (χ0v) is 24.2. The van der Waals surface area contributed by atoms with Crippen molar-refractivity contribution >= 4 is 34.3 Å². The van der Waals surface area contributed by atoms with Crippen LogP contribution in [0.1, 0.15) is 75.5 Å². The van der Waals surface area contributed by atoms with Gasteiger partial charge in [0.2, 0.25) is 11.8 Å². The molecule has 0 bridgehead atoms. The van der Waals surface area contributed by atoms with Crippen LogP contribution < -0.4 is 10.6 Å². The van der Waals surface area contributed by atoms with Crippen molar-refractivity contribution in [2.45, 2.75) is 65.5 Å². The average Bonchev–Trinajstić information content (AvgIpc) is 3.31. The summed E-state index contributed by atoms with van der Waals surface area (Å²) in [5.74, 6) is -0.152. The van der Waals surface area contributed by atoms with Crippen LogP contribution in [0.4, 0.5) is 0 Å². The Morgan fingerprint density at radius 3 is 2.67 bits per heavy atom. The molecule has 0 saturated carbocycles. The number of nitrogens with zero attached hydrogens (tertiary/aromatic N) is 5. The predicted molar refractivity (Wildman–Crippen MR) is 152 cm³/mol. The minimum atomic E-state index is -0.261. The molecule has 10 nitrogen and oxygen atoms in total. The molecule has 0 radical (unpaired) electrons. The third-order valence-corrected chi connectivity index (χ3v) is 7.81. The Bertz CT molecular complexity index is 1250. The van der Waals surface area contributed by atoms with E-state index >= 15 is 0 Å². The molecule has 212 valence electrons. The molecule has 39 heavy (non-hydrogen) atoms. The monoisotopic (exact) mass is 537 g/mol. The number of hydrogen-bond donors (Lipinski definition) is 2. The third-order valence-electron chi connectivity index (χ3n) is 7.81. The summed E-state index contributed by atoms with van der Waals surface area (Å²) in [7, 11) is 4.02. The number of amides is 3. The SMILES string of the molecule is CC1CC(C)C(CNC(=O)c2cc(C3=CCN(C(=O)CCCN(C)C)CC3)nc3c2cnn3C(C)C)C(=O)N1. The Balaban J connectivity index is 1.54. The summed E-state index contributed by atoms with van der Waals surface area (Å²) >= 11 is 0. The fourth-order valence-electron chi connectivity index (χ4n) is 5.56. The second-order valence-corrected chi connectivity index (χ2v) is 11.6. The van der Waals surface area contributed by atoms with Gasteiger partial charge in [-0.15, -0.1) is 0 Å². The van der Waals surface area contributed by atoms with Gasteiger partial charge in [0.05, 0.1) is 28.8 Å². The summed E-state index contributed by atoms with van der Waals surface area (Å²) in [5, 5.41) is 11.2. The van der Waals surface area contributed by atoms with Gasteiger partial charge in [-0.25, -0.2) is 9.67 Å². The predicted octanol–water partition coefficient (Wildman–Crippen LogP) is 2.86. The Labute approximate surface area is 231 Å². The lowest BCUT2D eigenvalue weighted by molar-refractivity contribution is -0.131. The van der Waals surface area contributed by atoms with Gasteiger partial charge in [0, 0.05) is 38.1 Å². The smallest absolute Gasteiger partial charge is 0.252 e. The highest BCUT2D eigenvalue weighted by Crippen LogP contribution is 2.28. The van der Waals surface area contributed by atoms with Crippen molar-refractivity contribution in [1.82, 2.24) is 35.2 Å². The molecule has 4 heterocycles. The largest absolute Gasteiger partial charge is 0.353 e. The van der Waals surface area contributed by atoms with E-state index < -0.39 is 0 Å². The quantitative estimate of drug-likeness (QED) is 0.509. The maximum atomic E-state index is 13.5. The van der Waals surface area contributed by atoms with Crippen LogP contribution in [-0.2, 0) is 9.59 Å². The van der Waals surface area contributed by atoms with E-state index in [1.54, 1.807) is 6.20 Å². The van der Waals surface area contributed by atoms with E-state index in [9.17, 15) is 14.4 Å². The molecule has 3 atom stereocenters. The first-order valence-electron chi connectivity index (χ1n) is 14.1. The molecule has 10 heteroatoms. The van der Waals surface area contributed by atoms with Crippen LogP contribution in [0, 0.1) is 11.8 Å². The van der Waals surface area contributed by atoms with Crippen molar-refractivity contribution < 1.29 is 14.4 Å². The molecule has 1 saturated heterocycles. The lowest BCUT2D eigenvalue weighted by Crippen LogP contribution is -2.50. The van der Waals surface area contributed by atoms with Crippen molar-refractivity contribution in [1.29, 1.82) is 0 Å². The third kappa shape index (κ3) is 6.66. The number of hydrogen-bond acceptors (Lipinski definition) is 6. The number of pyridine rings is 1.